The van der Waals surface area contributed by atoms with Crippen molar-refractivity contribution in [2.75, 3.05) is 11.5 Å². The van der Waals surface area contributed by atoms with Crippen LogP contribution in [0.5, 0.6) is 0 Å². The van der Waals surface area contributed by atoms with Gasteiger partial charge in [0.05, 0.1) is 12.4 Å². The second-order valence-corrected chi connectivity index (χ2v) is 7.07. The van der Waals surface area contributed by atoms with E-state index in [0.29, 0.717) is 12.2 Å². The number of rotatable bonds is 3. The van der Waals surface area contributed by atoms with Crippen LogP contribution in [0, 0.1) is 11.3 Å². The number of nitrogens with zero attached hydrogens (tertiary/aromatic N) is 3. The van der Waals surface area contributed by atoms with Crippen molar-refractivity contribution < 1.29 is 8.42 Å². The van der Waals surface area contributed by atoms with Crippen molar-refractivity contribution in [3.8, 4) is 6.07 Å². The van der Waals surface area contributed by atoms with Crippen LogP contribution in [0.4, 0.5) is 0 Å². The van der Waals surface area contributed by atoms with Crippen LogP contribution in [-0.4, -0.2) is 35.0 Å². The zero-order valence-electron chi connectivity index (χ0n) is 9.96. The molecule has 1 aromatic rings. The monoisotopic (exact) mass is 286 g/mol. The smallest absolute Gasteiger partial charge is 0.260 e. The molecule has 6 nitrogen and oxygen atoms in total. The van der Waals surface area contributed by atoms with Crippen molar-refractivity contribution in [2.45, 2.75) is 23.4 Å². The van der Waals surface area contributed by atoms with E-state index >= 15 is 0 Å². The molecule has 2 rings (SSSR count). The maximum absolute atomic E-state index is 12.1. The summed E-state index contributed by atoms with van der Waals surface area (Å²) >= 11 is 1.59. The molecule has 0 saturated carbocycles. The summed E-state index contributed by atoms with van der Waals surface area (Å²) in [5, 5.41) is 9.19. The molecule has 1 fully saturated rings. The highest BCUT2D eigenvalue weighted by Crippen LogP contribution is 2.27. The summed E-state index contributed by atoms with van der Waals surface area (Å²) in [4.78, 5) is 3.81. The SMILES string of the molecule is Cn1cnc(S(=O)(=O)NC2(C#N)CCCSC2)c1. The number of sulfonamides is 1. The Balaban J connectivity index is 2.24. The third-order valence-electron chi connectivity index (χ3n) is 2.74. The van der Waals surface area contributed by atoms with Crippen LogP contribution in [0.1, 0.15) is 12.8 Å². The minimum atomic E-state index is -3.73. The number of hydrogen-bond acceptors (Lipinski definition) is 5. The fourth-order valence-corrected chi connectivity index (χ4v) is 4.37. The first-order chi connectivity index (χ1) is 8.47. The zero-order valence-corrected chi connectivity index (χ0v) is 11.6. The summed E-state index contributed by atoms with van der Waals surface area (Å²) in [7, 11) is -2.03. The molecule has 0 radical (unpaired) electrons. The molecule has 0 aliphatic carbocycles. The van der Waals surface area contributed by atoms with Gasteiger partial charge in [-0.2, -0.15) is 21.7 Å². The zero-order chi connectivity index (χ0) is 13.2. The van der Waals surface area contributed by atoms with Gasteiger partial charge in [0, 0.05) is 19.0 Å². The average molecular weight is 286 g/mol. The summed E-state index contributed by atoms with van der Waals surface area (Å²) in [6.45, 7) is 0. The van der Waals surface area contributed by atoms with E-state index in [-0.39, 0.29) is 5.03 Å². The topological polar surface area (TPSA) is 87.8 Å². The Hall–Kier alpha value is -1.04. The van der Waals surface area contributed by atoms with E-state index in [0.717, 1.165) is 12.2 Å². The van der Waals surface area contributed by atoms with Crippen LogP contribution in [0.3, 0.4) is 0 Å². The van der Waals surface area contributed by atoms with Crippen molar-refractivity contribution >= 4 is 21.8 Å². The number of aryl methyl sites for hydroxylation is 1. The van der Waals surface area contributed by atoms with Crippen molar-refractivity contribution in [2.24, 2.45) is 7.05 Å². The first kappa shape index (κ1) is 13.4. The Bertz CT molecular complexity index is 567. The highest BCUT2D eigenvalue weighted by Gasteiger charge is 2.37. The first-order valence-corrected chi connectivity index (χ1v) is 8.12. The molecule has 1 aromatic heterocycles. The van der Waals surface area contributed by atoms with E-state index in [9.17, 15) is 13.7 Å². The van der Waals surface area contributed by atoms with Gasteiger partial charge in [-0.15, -0.1) is 0 Å². The Kier molecular flexibility index (Phi) is 3.66. The minimum absolute atomic E-state index is 0.0461. The number of imidazole rings is 1. The van der Waals surface area contributed by atoms with Crippen LogP contribution in [0.25, 0.3) is 0 Å². The number of hydrogen-bond donors (Lipinski definition) is 1. The maximum Gasteiger partial charge on any atom is 0.260 e. The van der Waals surface area contributed by atoms with Gasteiger partial charge in [0.15, 0.2) is 5.03 Å². The number of nitriles is 1. The van der Waals surface area contributed by atoms with Crippen LogP contribution in [0.15, 0.2) is 17.6 Å². The van der Waals surface area contributed by atoms with E-state index in [4.69, 9.17) is 0 Å². The number of aromatic nitrogens is 2. The quantitative estimate of drug-likeness (QED) is 0.873. The molecule has 98 valence electrons. The molecule has 0 aromatic carbocycles. The Morgan fingerprint density at radius 3 is 2.94 bits per heavy atom. The summed E-state index contributed by atoms with van der Waals surface area (Å²) < 4.78 is 28.3. The molecular formula is C10H14N4O2S2. The van der Waals surface area contributed by atoms with Crippen LogP contribution in [0.2, 0.25) is 0 Å². The summed E-state index contributed by atoms with van der Waals surface area (Å²) in [6.07, 6.45) is 4.22. The van der Waals surface area contributed by atoms with Gasteiger partial charge in [0.1, 0.15) is 5.54 Å². The van der Waals surface area contributed by atoms with Gasteiger partial charge in [0.25, 0.3) is 10.0 Å². The van der Waals surface area contributed by atoms with Crippen LogP contribution in [-0.2, 0) is 17.1 Å². The van der Waals surface area contributed by atoms with Crippen molar-refractivity contribution in [1.29, 1.82) is 5.26 Å². The van der Waals surface area contributed by atoms with Crippen molar-refractivity contribution in [3.63, 3.8) is 0 Å². The highest BCUT2D eigenvalue weighted by atomic mass is 32.2. The fraction of sp³-hybridized carbons (Fsp3) is 0.600. The summed E-state index contributed by atoms with van der Waals surface area (Å²) in [5.74, 6) is 1.45. The molecule has 1 aliphatic heterocycles. The van der Waals surface area contributed by atoms with Gasteiger partial charge in [0.2, 0.25) is 0 Å². The summed E-state index contributed by atoms with van der Waals surface area (Å²) in [6, 6.07) is 2.10. The van der Waals surface area contributed by atoms with Gasteiger partial charge < -0.3 is 4.57 Å². The third-order valence-corrected chi connectivity index (χ3v) is 5.44. The Labute approximate surface area is 110 Å². The first-order valence-electron chi connectivity index (χ1n) is 5.48. The average Bonchev–Trinajstić information content (AvgIpc) is 2.77. The maximum atomic E-state index is 12.1. The molecule has 1 atom stereocenters. The molecule has 1 unspecified atom stereocenters. The molecular weight excluding hydrogens is 272 g/mol. The lowest BCUT2D eigenvalue weighted by Crippen LogP contribution is -2.50. The second-order valence-electron chi connectivity index (χ2n) is 4.33. The minimum Gasteiger partial charge on any atom is -0.339 e. The third kappa shape index (κ3) is 2.68. The number of thioether (sulfide) groups is 1. The van der Waals surface area contributed by atoms with Crippen LogP contribution < -0.4 is 4.72 Å². The van der Waals surface area contributed by atoms with Gasteiger partial charge in [-0.3, -0.25) is 0 Å². The Morgan fingerprint density at radius 2 is 2.44 bits per heavy atom. The predicted octanol–water partition coefficient (Wildman–Crippen LogP) is 0.488. The molecule has 1 N–H and O–H groups in total. The molecule has 8 heteroatoms. The van der Waals surface area contributed by atoms with Gasteiger partial charge in [-0.1, -0.05) is 0 Å². The van der Waals surface area contributed by atoms with Gasteiger partial charge >= 0.3 is 0 Å². The van der Waals surface area contributed by atoms with Crippen molar-refractivity contribution in [1.82, 2.24) is 14.3 Å². The predicted molar refractivity (Wildman–Crippen MR) is 68.4 cm³/mol. The van der Waals surface area contributed by atoms with Gasteiger partial charge in [-0.05, 0) is 18.6 Å². The van der Waals surface area contributed by atoms with Crippen molar-refractivity contribution in [3.05, 3.63) is 12.5 Å². The second kappa shape index (κ2) is 4.91. The number of nitrogens with one attached hydrogen (secondary N) is 1. The van der Waals surface area contributed by atoms with E-state index in [2.05, 4.69) is 15.8 Å². The van der Waals surface area contributed by atoms with E-state index < -0.39 is 15.6 Å². The normalized spacial score (nSPS) is 24.7. The molecule has 1 saturated heterocycles. The van der Waals surface area contributed by atoms with Crippen LogP contribution >= 0.6 is 11.8 Å². The highest BCUT2D eigenvalue weighted by molar-refractivity contribution is 7.99. The van der Waals surface area contributed by atoms with Gasteiger partial charge in [-0.25, -0.2) is 13.4 Å². The molecule has 1 aliphatic rings. The fourth-order valence-electron chi connectivity index (χ4n) is 1.82. The lowest BCUT2D eigenvalue weighted by Gasteiger charge is -2.30. The Morgan fingerprint density at radius 1 is 1.67 bits per heavy atom. The molecule has 2 heterocycles. The molecule has 0 spiro atoms. The molecule has 0 bridgehead atoms. The molecule has 0 amide bonds. The lowest BCUT2D eigenvalue weighted by atomic mass is 9.99. The lowest BCUT2D eigenvalue weighted by molar-refractivity contribution is 0.471. The van der Waals surface area contributed by atoms with E-state index in [1.807, 2.05) is 0 Å². The standard InChI is InChI=1S/C10H14N4O2S2/c1-14-5-9(12-8-14)18(15,16)13-10(6-11)3-2-4-17-7-10/h5,8,13H,2-4,7H2,1H3. The van der Waals surface area contributed by atoms with E-state index in [1.165, 1.54) is 12.5 Å². The molecule has 18 heavy (non-hydrogen) atoms. The van der Waals surface area contributed by atoms with E-state index in [1.54, 1.807) is 23.4 Å². The largest absolute Gasteiger partial charge is 0.339 e. The summed E-state index contributed by atoms with van der Waals surface area (Å²) in [5.41, 5.74) is -1.00.